The fourth-order valence-electron chi connectivity index (χ4n) is 3.39. The Hall–Kier alpha value is -1.60. The van der Waals surface area contributed by atoms with Crippen molar-refractivity contribution in [2.45, 2.75) is 57.8 Å². The molecular weight excluding hydrogens is 366 g/mol. The highest BCUT2D eigenvalue weighted by atomic mass is 32.2. The fraction of sp³-hybridized carbons (Fsp3) is 0.526. The first-order chi connectivity index (χ1) is 12.4. The Kier molecular flexibility index (Phi) is 5.87. The van der Waals surface area contributed by atoms with Gasteiger partial charge in [-0.25, -0.2) is 4.98 Å². The molecule has 1 aliphatic heterocycles. The summed E-state index contributed by atoms with van der Waals surface area (Å²) < 4.78 is 1.63. The summed E-state index contributed by atoms with van der Waals surface area (Å²) in [7, 11) is 0. The van der Waals surface area contributed by atoms with Crippen LogP contribution in [0.3, 0.4) is 0 Å². The van der Waals surface area contributed by atoms with Gasteiger partial charge >= 0.3 is 0 Å². The molecule has 0 spiro atoms. The van der Waals surface area contributed by atoms with Crippen LogP contribution in [0, 0.1) is 13.8 Å². The monoisotopic (exact) mass is 391 g/mol. The molecule has 1 aliphatic rings. The van der Waals surface area contributed by atoms with Crippen LogP contribution in [0.15, 0.2) is 22.6 Å². The molecule has 0 saturated carbocycles. The number of thiophene rings is 1. The predicted octanol–water partition coefficient (Wildman–Crippen LogP) is 3.75. The molecular formula is C19H25N3O2S2. The molecule has 0 unspecified atom stereocenters. The summed E-state index contributed by atoms with van der Waals surface area (Å²) in [5.74, 6) is 0.434. The van der Waals surface area contributed by atoms with Crippen LogP contribution in [0.2, 0.25) is 0 Å². The topological polar surface area (TPSA) is 55.2 Å². The molecule has 0 aromatic carbocycles. The number of piperidine rings is 1. The Morgan fingerprint density at radius 1 is 1.42 bits per heavy atom. The number of aryl methyl sites for hydroxylation is 2. The van der Waals surface area contributed by atoms with Crippen LogP contribution in [0.4, 0.5) is 0 Å². The molecule has 1 amide bonds. The van der Waals surface area contributed by atoms with E-state index < -0.39 is 0 Å². The molecule has 7 heteroatoms. The van der Waals surface area contributed by atoms with Crippen molar-refractivity contribution in [3.8, 4) is 0 Å². The number of thioether (sulfide) groups is 1. The summed E-state index contributed by atoms with van der Waals surface area (Å²) in [5, 5.41) is 1.29. The van der Waals surface area contributed by atoms with Crippen LogP contribution in [-0.2, 0) is 11.3 Å². The SMILES string of the molecule is C=CCn1c(SCC(=O)N2CCCC[C@@H]2C)nc2sc(C)c(C)c2c1=O. The van der Waals surface area contributed by atoms with E-state index in [9.17, 15) is 9.59 Å². The molecule has 0 radical (unpaired) electrons. The van der Waals surface area contributed by atoms with Gasteiger partial charge in [0.15, 0.2) is 5.16 Å². The standard InChI is InChI=1S/C19H25N3O2S2/c1-5-9-22-18(24)16-13(3)14(4)26-17(16)20-19(22)25-11-15(23)21-10-7-6-8-12(21)2/h5,12H,1,6-11H2,2-4H3/t12-/m0/s1. The fourth-order valence-corrected chi connectivity index (χ4v) is 5.35. The van der Waals surface area contributed by atoms with Gasteiger partial charge in [0.1, 0.15) is 4.83 Å². The Bertz CT molecular complexity index is 900. The van der Waals surface area contributed by atoms with Gasteiger partial charge in [-0.3, -0.25) is 14.2 Å². The van der Waals surface area contributed by atoms with Crippen molar-refractivity contribution in [3.05, 3.63) is 33.4 Å². The summed E-state index contributed by atoms with van der Waals surface area (Å²) in [5.41, 5.74) is 0.952. The summed E-state index contributed by atoms with van der Waals surface area (Å²) >= 11 is 2.89. The van der Waals surface area contributed by atoms with E-state index in [1.54, 1.807) is 10.6 Å². The van der Waals surface area contributed by atoms with Gasteiger partial charge in [-0.05, 0) is 45.6 Å². The normalized spacial score (nSPS) is 17.7. The molecule has 140 valence electrons. The van der Waals surface area contributed by atoms with Gasteiger partial charge in [0.2, 0.25) is 5.91 Å². The zero-order chi connectivity index (χ0) is 18.8. The summed E-state index contributed by atoms with van der Waals surface area (Å²) in [6.45, 7) is 11.1. The third-order valence-electron chi connectivity index (χ3n) is 5.01. The second kappa shape index (κ2) is 7.96. The van der Waals surface area contributed by atoms with Gasteiger partial charge in [0.25, 0.3) is 5.56 Å². The van der Waals surface area contributed by atoms with E-state index in [-0.39, 0.29) is 11.5 Å². The third-order valence-corrected chi connectivity index (χ3v) is 7.08. The van der Waals surface area contributed by atoms with Crippen molar-refractivity contribution in [2.24, 2.45) is 0 Å². The number of nitrogens with zero attached hydrogens (tertiary/aromatic N) is 3. The Morgan fingerprint density at radius 3 is 2.88 bits per heavy atom. The van der Waals surface area contributed by atoms with Crippen molar-refractivity contribution < 1.29 is 4.79 Å². The van der Waals surface area contributed by atoms with E-state index >= 15 is 0 Å². The molecule has 2 aromatic heterocycles. The number of amides is 1. The molecule has 5 nitrogen and oxygen atoms in total. The molecule has 2 aromatic rings. The Morgan fingerprint density at radius 2 is 2.19 bits per heavy atom. The van der Waals surface area contributed by atoms with Gasteiger partial charge < -0.3 is 4.90 Å². The maximum Gasteiger partial charge on any atom is 0.263 e. The number of hydrogen-bond acceptors (Lipinski definition) is 5. The second-order valence-corrected chi connectivity index (χ2v) is 8.93. The van der Waals surface area contributed by atoms with Crippen LogP contribution >= 0.6 is 23.1 Å². The Balaban J connectivity index is 1.89. The minimum absolute atomic E-state index is 0.0435. The maximum absolute atomic E-state index is 12.9. The molecule has 26 heavy (non-hydrogen) atoms. The lowest BCUT2D eigenvalue weighted by atomic mass is 10.0. The van der Waals surface area contributed by atoms with Crippen molar-refractivity contribution >= 4 is 39.2 Å². The zero-order valence-electron chi connectivity index (χ0n) is 15.6. The van der Waals surface area contributed by atoms with Crippen LogP contribution < -0.4 is 5.56 Å². The van der Waals surface area contributed by atoms with Gasteiger partial charge in [-0.15, -0.1) is 17.9 Å². The van der Waals surface area contributed by atoms with Gasteiger partial charge in [0.05, 0.1) is 11.1 Å². The first-order valence-corrected chi connectivity index (χ1v) is 10.8. The minimum atomic E-state index is -0.0435. The van der Waals surface area contributed by atoms with Gasteiger partial charge in [-0.1, -0.05) is 17.8 Å². The molecule has 1 atom stereocenters. The van der Waals surface area contributed by atoms with Gasteiger partial charge in [-0.2, -0.15) is 0 Å². The van der Waals surface area contributed by atoms with Crippen LogP contribution in [0.5, 0.6) is 0 Å². The maximum atomic E-state index is 12.9. The van der Waals surface area contributed by atoms with E-state index in [1.807, 2.05) is 18.7 Å². The zero-order valence-corrected chi connectivity index (χ0v) is 17.2. The van der Waals surface area contributed by atoms with E-state index in [0.717, 1.165) is 34.7 Å². The lowest BCUT2D eigenvalue weighted by Crippen LogP contribution is -2.43. The average Bonchev–Trinajstić information content (AvgIpc) is 2.90. The van der Waals surface area contributed by atoms with Crippen molar-refractivity contribution in [1.82, 2.24) is 14.5 Å². The summed E-state index contributed by atoms with van der Waals surface area (Å²) in [6, 6.07) is 0.297. The Labute approximate surface area is 162 Å². The number of aromatic nitrogens is 2. The molecule has 1 saturated heterocycles. The first-order valence-electron chi connectivity index (χ1n) is 8.97. The molecule has 3 heterocycles. The number of fused-ring (bicyclic) bond motifs is 1. The lowest BCUT2D eigenvalue weighted by molar-refractivity contribution is -0.131. The number of allylic oxidation sites excluding steroid dienone is 1. The minimum Gasteiger partial charge on any atom is -0.339 e. The number of likely N-dealkylation sites (tertiary alicyclic amines) is 1. The average molecular weight is 392 g/mol. The summed E-state index contributed by atoms with van der Waals surface area (Å²) in [4.78, 5) is 34.1. The van der Waals surface area contributed by atoms with Crippen LogP contribution in [0.1, 0.15) is 36.6 Å². The molecule has 0 aliphatic carbocycles. The lowest BCUT2D eigenvalue weighted by Gasteiger charge is -2.33. The smallest absolute Gasteiger partial charge is 0.263 e. The van der Waals surface area contributed by atoms with Crippen molar-refractivity contribution in [2.75, 3.05) is 12.3 Å². The number of carbonyl (C=O) groups excluding carboxylic acids is 1. The molecule has 0 N–H and O–H groups in total. The predicted molar refractivity (Wildman–Crippen MR) is 109 cm³/mol. The number of rotatable bonds is 5. The largest absolute Gasteiger partial charge is 0.339 e. The van der Waals surface area contributed by atoms with Crippen molar-refractivity contribution in [3.63, 3.8) is 0 Å². The second-order valence-electron chi connectivity index (χ2n) is 6.78. The third kappa shape index (κ3) is 3.60. The first kappa shape index (κ1) is 19.2. The van der Waals surface area contributed by atoms with E-state index in [0.29, 0.717) is 28.9 Å². The van der Waals surface area contributed by atoms with E-state index in [2.05, 4.69) is 13.5 Å². The van der Waals surface area contributed by atoms with Crippen LogP contribution in [-0.4, -0.2) is 38.7 Å². The van der Waals surface area contributed by atoms with Gasteiger partial charge in [0, 0.05) is 24.0 Å². The van der Waals surface area contributed by atoms with Crippen molar-refractivity contribution in [1.29, 1.82) is 0 Å². The molecule has 0 bridgehead atoms. The van der Waals surface area contributed by atoms with Crippen LogP contribution in [0.25, 0.3) is 10.2 Å². The number of hydrogen-bond donors (Lipinski definition) is 0. The highest BCUT2D eigenvalue weighted by Crippen LogP contribution is 2.28. The quantitative estimate of drug-likeness (QED) is 0.442. The molecule has 3 rings (SSSR count). The van der Waals surface area contributed by atoms with E-state index in [1.165, 1.54) is 29.5 Å². The highest BCUT2D eigenvalue weighted by molar-refractivity contribution is 7.99. The van der Waals surface area contributed by atoms with E-state index in [4.69, 9.17) is 4.98 Å². The number of carbonyl (C=O) groups is 1. The molecule has 1 fully saturated rings. The highest BCUT2D eigenvalue weighted by Gasteiger charge is 2.24. The summed E-state index contributed by atoms with van der Waals surface area (Å²) in [6.07, 6.45) is 5.02.